The van der Waals surface area contributed by atoms with Crippen LogP contribution in [0.2, 0.25) is 0 Å². The number of nitrogens with two attached hydrogens (primary N) is 1. The van der Waals surface area contributed by atoms with E-state index < -0.39 is 20.2 Å². The first kappa shape index (κ1) is 16.3. The summed E-state index contributed by atoms with van der Waals surface area (Å²) in [6, 6.07) is 1.57. The lowest BCUT2D eigenvalue weighted by Gasteiger charge is -2.32. The van der Waals surface area contributed by atoms with Gasteiger partial charge in [-0.2, -0.15) is 17.0 Å². The van der Waals surface area contributed by atoms with Crippen LogP contribution in [0.25, 0.3) is 0 Å². The molecule has 0 aliphatic carbocycles. The molecule has 0 atom stereocenters. The Kier molecular flexibility index (Phi) is 4.60. The van der Waals surface area contributed by atoms with Crippen molar-refractivity contribution in [3.05, 3.63) is 14.7 Å². The summed E-state index contributed by atoms with van der Waals surface area (Å²) in [6.07, 6.45) is 0. The largest absolute Gasteiger partial charge is 0.276 e. The van der Waals surface area contributed by atoms with Crippen LogP contribution in [0, 0.1) is 6.92 Å². The summed E-state index contributed by atoms with van der Waals surface area (Å²) in [5, 5.41) is 5.03. The zero-order valence-corrected chi connectivity index (χ0v) is 14.6. The van der Waals surface area contributed by atoms with Gasteiger partial charge in [-0.05, 0) is 28.9 Å². The van der Waals surface area contributed by atoms with Gasteiger partial charge in [-0.15, -0.1) is 11.3 Å². The third kappa shape index (κ3) is 3.24. The second kappa shape index (κ2) is 5.63. The minimum Gasteiger partial charge on any atom is -0.216 e. The van der Waals surface area contributed by atoms with Crippen LogP contribution in [0.1, 0.15) is 4.88 Å². The highest BCUT2D eigenvalue weighted by Crippen LogP contribution is 2.31. The van der Waals surface area contributed by atoms with Crippen LogP contribution < -0.4 is 5.14 Å². The molecular weight excluding hydrogens is 390 g/mol. The Hall–Kier alpha value is -0.0400. The highest BCUT2D eigenvalue weighted by molar-refractivity contribution is 9.11. The Labute approximate surface area is 130 Å². The van der Waals surface area contributed by atoms with Crippen molar-refractivity contribution in [2.24, 2.45) is 5.14 Å². The van der Waals surface area contributed by atoms with Crippen LogP contribution in [-0.4, -0.2) is 51.6 Å². The maximum Gasteiger partial charge on any atom is 0.276 e. The summed E-state index contributed by atoms with van der Waals surface area (Å²) in [7, 11) is -7.35. The van der Waals surface area contributed by atoms with Crippen molar-refractivity contribution in [3.8, 4) is 0 Å². The van der Waals surface area contributed by atoms with Crippen LogP contribution >= 0.6 is 27.3 Å². The van der Waals surface area contributed by atoms with Crippen LogP contribution in [-0.2, 0) is 20.2 Å². The monoisotopic (exact) mass is 403 g/mol. The molecule has 0 saturated carbocycles. The molecule has 1 aliphatic rings. The first-order valence-corrected chi connectivity index (χ1v) is 10.2. The van der Waals surface area contributed by atoms with Gasteiger partial charge in [-0.1, -0.05) is 0 Å². The molecule has 114 valence electrons. The predicted molar refractivity (Wildman–Crippen MR) is 80.2 cm³/mol. The van der Waals surface area contributed by atoms with E-state index in [1.807, 2.05) is 0 Å². The zero-order chi connectivity index (χ0) is 15.1. The van der Waals surface area contributed by atoms with Crippen molar-refractivity contribution >= 4 is 47.5 Å². The standard InChI is InChI=1S/C9H14BrN3O4S3/c1-7-8(6-9(10)18-7)19(14,15)12-2-4-13(5-3-12)20(11,16)17/h6H,2-5H2,1H3,(H2,11,16,17). The van der Waals surface area contributed by atoms with Gasteiger partial charge in [0, 0.05) is 31.1 Å². The van der Waals surface area contributed by atoms with Gasteiger partial charge < -0.3 is 0 Å². The third-order valence-corrected chi connectivity index (χ3v) is 7.81. The minimum absolute atomic E-state index is 0.0718. The van der Waals surface area contributed by atoms with E-state index in [0.717, 1.165) is 8.09 Å². The second-order valence-corrected chi connectivity index (χ2v) is 10.4. The first-order chi connectivity index (χ1) is 9.12. The number of hydrogen-bond donors (Lipinski definition) is 1. The summed E-state index contributed by atoms with van der Waals surface area (Å²) >= 11 is 4.62. The summed E-state index contributed by atoms with van der Waals surface area (Å²) < 4.78 is 50.5. The lowest BCUT2D eigenvalue weighted by molar-refractivity contribution is 0.273. The topological polar surface area (TPSA) is 101 Å². The van der Waals surface area contributed by atoms with Crippen molar-refractivity contribution in [2.45, 2.75) is 11.8 Å². The minimum atomic E-state index is -3.76. The molecule has 2 N–H and O–H groups in total. The summed E-state index contributed by atoms with van der Waals surface area (Å²) in [6.45, 7) is 2.09. The molecule has 1 aromatic heterocycles. The Bertz CT molecular complexity index is 705. The molecule has 11 heteroatoms. The summed E-state index contributed by atoms with van der Waals surface area (Å²) in [5.74, 6) is 0. The lowest BCUT2D eigenvalue weighted by Crippen LogP contribution is -2.52. The Morgan fingerprint density at radius 3 is 2.05 bits per heavy atom. The van der Waals surface area contributed by atoms with Gasteiger partial charge in [-0.3, -0.25) is 0 Å². The average Bonchev–Trinajstić information content (AvgIpc) is 2.68. The number of thiophene rings is 1. The molecule has 2 rings (SSSR count). The Morgan fingerprint density at radius 2 is 1.65 bits per heavy atom. The fourth-order valence-corrected chi connectivity index (χ4v) is 6.47. The van der Waals surface area contributed by atoms with Gasteiger partial charge in [0.1, 0.15) is 0 Å². The molecular formula is C9H14BrN3O4S3. The average molecular weight is 404 g/mol. The normalized spacial score (nSPS) is 19.4. The molecule has 0 unspecified atom stereocenters. The smallest absolute Gasteiger partial charge is 0.216 e. The Balaban J connectivity index is 2.20. The van der Waals surface area contributed by atoms with E-state index in [0.29, 0.717) is 4.88 Å². The van der Waals surface area contributed by atoms with Crippen molar-refractivity contribution < 1.29 is 16.8 Å². The second-order valence-electron chi connectivity index (χ2n) is 4.32. The molecule has 1 aliphatic heterocycles. The van der Waals surface area contributed by atoms with Crippen molar-refractivity contribution in [1.29, 1.82) is 0 Å². The fourth-order valence-electron chi connectivity index (χ4n) is 1.99. The number of hydrogen-bond acceptors (Lipinski definition) is 5. The quantitative estimate of drug-likeness (QED) is 0.785. The van der Waals surface area contributed by atoms with Gasteiger partial charge in [0.05, 0.1) is 8.68 Å². The SMILES string of the molecule is Cc1sc(Br)cc1S(=O)(=O)N1CCN(S(N)(=O)=O)CC1. The molecule has 1 fully saturated rings. The van der Waals surface area contributed by atoms with E-state index >= 15 is 0 Å². The maximum absolute atomic E-state index is 12.5. The van der Waals surface area contributed by atoms with Crippen molar-refractivity contribution in [2.75, 3.05) is 26.2 Å². The molecule has 0 bridgehead atoms. The number of sulfonamides is 1. The first-order valence-electron chi connectivity index (χ1n) is 5.66. The number of piperazine rings is 1. The molecule has 0 radical (unpaired) electrons. The predicted octanol–water partition coefficient (Wildman–Crippen LogP) is 0.329. The highest BCUT2D eigenvalue weighted by atomic mass is 79.9. The molecule has 20 heavy (non-hydrogen) atoms. The van der Waals surface area contributed by atoms with Crippen LogP contribution in [0.15, 0.2) is 14.7 Å². The van der Waals surface area contributed by atoms with E-state index in [1.54, 1.807) is 13.0 Å². The van der Waals surface area contributed by atoms with E-state index in [1.165, 1.54) is 15.6 Å². The molecule has 1 saturated heterocycles. The number of nitrogens with zero attached hydrogens (tertiary/aromatic N) is 2. The molecule has 0 aromatic carbocycles. The number of halogens is 1. The van der Waals surface area contributed by atoms with E-state index in [4.69, 9.17) is 5.14 Å². The van der Waals surface area contributed by atoms with Gasteiger partial charge in [0.15, 0.2) is 0 Å². The lowest BCUT2D eigenvalue weighted by atomic mass is 10.4. The van der Waals surface area contributed by atoms with Gasteiger partial charge in [0.25, 0.3) is 10.2 Å². The summed E-state index contributed by atoms with van der Waals surface area (Å²) in [4.78, 5) is 0.962. The van der Waals surface area contributed by atoms with Crippen LogP contribution in [0.4, 0.5) is 0 Å². The molecule has 0 amide bonds. The van der Waals surface area contributed by atoms with E-state index in [-0.39, 0.29) is 31.1 Å². The van der Waals surface area contributed by atoms with Crippen LogP contribution in [0.5, 0.6) is 0 Å². The third-order valence-electron chi connectivity index (χ3n) is 3.02. The maximum atomic E-state index is 12.5. The molecule has 7 nitrogen and oxygen atoms in total. The van der Waals surface area contributed by atoms with E-state index in [9.17, 15) is 16.8 Å². The molecule has 0 spiro atoms. The highest BCUT2D eigenvalue weighted by Gasteiger charge is 2.33. The van der Waals surface area contributed by atoms with Crippen molar-refractivity contribution in [1.82, 2.24) is 8.61 Å². The van der Waals surface area contributed by atoms with Gasteiger partial charge in [0.2, 0.25) is 10.0 Å². The van der Waals surface area contributed by atoms with Crippen molar-refractivity contribution in [3.63, 3.8) is 0 Å². The fraction of sp³-hybridized carbons (Fsp3) is 0.556. The molecule has 2 heterocycles. The van der Waals surface area contributed by atoms with Gasteiger partial charge >= 0.3 is 0 Å². The van der Waals surface area contributed by atoms with E-state index in [2.05, 4.69) is 15.9 Å². The summed E-state index contributed by atoms with van der Waals surface area (Å²) in [5.41, 5.74) is 0. The van der Waals surface area contributed by atoms with Gasteiger partial charge in [-0.25, -0.2) is 13.6 Å². The molecule has 1 aromatic rings. The Morgan fingerprint density at radius 1 is 1.15 bits per heavy atom. The number of aryl methyl sites for hydroxylation is 1. The van der Waals surface area contributed by atoms with Crippen LogP contribution in [0.3, 0.4) is 0 Å². The number of rotatable bonds is 3. The zero-order valence-electron chi connectivity index (χ0n) is 10.6.